The van der Waals surface area contributed by atoms with Gasteiger partial charge in [-0.2, -0.15) is 0 Å². The monoisotopic (exact) mass is 422 g/mol. The molecule has 0 radical (unpaired) electrons. The molecule has 0 amide bonds. The van der Waals surface area contributed by atoms with Crippen LogP contribution in [0.5, 0.6) is 0 Å². The Morgan fingerprint density at radius 1 is 1.17 bits per heavy atom. The highest BCUT2D eigenvalue weighted by Crippen LogP contribution is 2.44. The number of nitrogens with one attached hydrogen (secondary N) is 2. The van der Waals surface area contributed by atoms with Crippen molar-refractivity contribution in [3.05, 3.63) is 84.0 Å². The van der Waals surface area contributed by atoms with Crippen molar-refractivity contribution in [1.82, 2.24) is 9.78 Å². The van der Waals surface area contributed by atoms with Crippen molar-refractivity contribution in [2.45, 2.75) is 31.6 Å². The van der Waals surface area contributed by atoms with Crippen LogP contribution >= 0.6 is 11.3 Å². The van der Waals surface area contributed by atoms with E-state index in [2.05, 4.69) is 16.5 Å². The lowest BCUT2D eigenvalue weighted by molar-refractivity contribution is -0.384. The fourth-order valence-electron chi connectivity index (χ4n) is 4.42. The molecule has 2 aliphatic rings. The Kier molecular flexibility index (Phi) is 4.21. The summed E-state index contributed by atoms with van der Waals surface area (Å²) < 4.78 is 1.36. The van der Waals surface area contributed by atoms with Gasteiger partial charge in [-0.1, -0.05) is 13.0 Å². The predicted octanol–water partition coefficient (Wildman–Crippen LogP) is 4.07. The van der Waals surface area contributed by atoms with Gasteiger partial charge in [-0.05, 0) is 30.0 Å². The van der Waals surface area contributed by atoms with E-state index in [1.54, 1.807) is 11.3 Å². The van der Waals surface area contributed by atoms with E-state index in [0.717, 1.165) is 12.1 Å². The maximum absolute atomic E-state index is 13.1. The van der Waals surface area contributed by atoms with E-state index in [9.17, 15) is 19.7 Å². The Hall–Kier alpha value is -3.46. The van der Waals surface area contributed by atoms with E-state index >= 15 is 0 Å². The number of benzene rings is 1. The molecule has 3 aromatic rings. The maximum atomic E-state index is 13.1. The van der Waals surface area contributed by atoms with Crippen molar-refractivity contribution in [3.63, 3.8) is 0 Å². The number of non-ortho nitro benzene ring substituents is 1. The van der Waals surface area contributed by atoms with Crippen LogP contribution < -0.4 is 10.9 Å². The highest BCUT2D eigenvalue weighted by molar-refractivity contribution is 7.10. The molecule has 2 aromatic heterocycles. The fraction of sp³-hybridized carbons (Fsp3) is 0.238. The fourth-order valence-corrected chi connectivity index (χ4v) is 5.25. The summed E-state index contributed by atoms with van der Waals surface area (Å²) in [7, 11) is 0. The number of carbonyl (C=O) groups is 1. The largest absolute Gasteiger partial charge is 0.343 e. The van der Waals surface area contributed by atoms with Gasteiger partial charge in [0.2, 0.25) is 0 Å². The summed E-state index contributed by atoms with van der Waals surface area (Å²) in [4.78, 5) is 37.7. The summed E-state index contributed by atoms with van der Waals surface area (Å²) in [6.45, 7) is 1.88. The Labute approximate surface area is 175 Å². The smallest absolute Gasteiger partial charge is 0.277 e. The second-order valence-corrected chi connectivity index (χ2v) is 8.58. The van der Waals surface area contributed by atoms with E-state index in [4.69, 9.17) is 0 Å². The summed E-state index contributed by atoms with van der Waals surface area (Å²) in [6, 6.07) is 9.81. The minimum Gasteiger partial charge on any atom is -0.343 e. The van der Waals surface area contributed by atoms with E-state index < -0.39 is 4.92 Å². The number of rotatable bonds is 3. The van der Waals surface area contributed by atoms with E-state index in [0.29, 0.717) is 29.1 Å². The second-order valence-electron chi connectivity index (χ2n) is 7.60. The molecule has 1 aliphatic heterocycles. The number of nitro groups is 1. The van der Waals surface area contributed by atoms with Gasteiger partial charge in [0, 0.05) is 46.5 Å². The van der Waals surface area contributed by atoms with Gasteiger partial charge in [-0.3, -0.25) is 24.8 Å². The van der Waals surface area contributed by atoms with Crippen LogP contribution in [0.1, 0.15) is 42.0 Å². The average molecular weight is 422 g/mol. The molecule has 0 unspecified atom stereocenters. The zero-order valence-corrected chi connectivity index (χ0v) is 16.9. The SMILES string of the molecule is C[C@@H]1C2=C(C[C@@H](c3cccs3)CC2=O)Nc2[nH]n(-c3ccc([N+](=O)[O-])cc3)c(=O)c21. The Morgan fingerprint density at radius 2 is 1.93 bits per heavy atom. The zero-order valence-electron chi connectivity index (χ0n) is 16.0. The highest BCUT2D eigenvalue weighted by Gasteiger charge is 2.38. The number of anilines is 1. The first-order chi connectivity index (χ1) is 14.4. The van der Waals surface area contributed by atoms with Crippen LogP contribution in [-0.2, 0) is 4.79 Å². The topological polar surface area (TPSA) is 110 Å². The second kappa shape index (κ2) is 6.81. The van der Waals surface area contributed by atoms with Crippen molar-refractivity contribution in [2.75, 3.05) is 5.32 Å². The quantitative estimate of drug-likeness (QED) is 0.488. The zero-order chi connectivity index (χ0) is 21.0. The molecule has 0 spiro atoms. The number of aromatic amines is 1. The van der Waals surface area contributed by atoms with Gasteiger partial charge in [0.05, 0.1) is 16.2 Å². The van der Waals surface area contributed by atoms with Gasteiger partial charge in [-0.15, -0.1) is 11.3 Å². The van der Waals surface area contributed by atoms with Gasteiger partial charge in [0.1, 0.15) is 5.82 Å². The molecule has 1 aromatic carbocycles. The van der Waals surface area contributed by atoms with Crippen LogP contribution in [0.4, 0.5) is 11.5 Å². The molecule has 152 valence electrons. The number of nitrogens with zero attached hydrogens (tertiary/aromatic N) is 2. The molecule has 0 bridgehead atoms. The number of fused-ring (bicyclic) bond motifs is 1. The lowest BCUT2D eigenvalue weighted by Gasteiger charge is -2.32. The van der Waals surface area contributed by atoms with Gasteiger partial charge in [0.15, 0.2) is 5.78 Å². The lowest BCUT2D eigenvalue weighted by Crippen LogP contribution is -2.30. The summed E-state index contributed by atoms with van der Waals surface area (Å²) in [6.07, 6.45) is 1.16. The molecule has 30 heavy (non-hydrogen) atoms. The van der Waals surface area contributed by atoms with Crippen LogP contribution in [0.3, 0.4) is 0 Å². The molecule has 8 nitrogen and oxygen atoms in total. The summed E-state index contributed by atoms with van der Waals surface area (Å²) in [5.74, 6) is 0.462. The van der Waals surface area contributed by atoms with Crippen LogP contribution in [0.15, 0.2) is 57.8 Å². The number of hydrogen-bond donors (Lipinski definition) is 2. The highest BCUT2D eigenvalue weighted by atomic mass is 32.1. The number of H-pyrrole nitrogens is 1. The molecule has 5 rings (SSSR count). The number of Topliss-reactive ketones (excluding diaryl/α,β-unsaturated/α-hetero) is 1. The molecule has 2 N–H and O–H groups in total. The molecule has 2 atom stereocenters. The molecule has 0 saturated carbocycles. The van der Waals surface area contributed by atoms with Crippen LogP contribution in [0.2, 0.25) is 0 Å². The Bertz CT molecular complexity index is 1250. The standard InChI is InChI=1S/C21H18N4O4S/c1-11-18-15(9-12(10-16(18)26)17-3-2-8-30-17)22-20-19(11)21(27)24(23-20)13-4-6-14(7-5-13)25(28)29/h2-8,11-12,22-23H,9-10H2,1H3/t11-,12-/m1/s1. The molecular weight excluding hydrogens is 404 g/mol. The minimum atomic E-state index is -0.483. The predicted molar refractivity (Wildman–Crippen MR) is 113 cm³/mol. The third kappa shape index (κ3) is 2.81. The maximum Gasteiger partial charge on any atom is 0.277 e. The molecule has 9 heteroatoms. The first kappa shape index (κ1) is 18.6. The summed E-state index contributed by atoms with van der Waals surface area (Å²) in [5.41, 5.74) is 2.24. The molecule has 3 heterocycles. The van der Waals surface area contributed by atoms with Crippen molar-refractivity contribution in [2.24, 2.45) is 0 Å². The van der Waals surface area contributed by atoms with Crippen molar-refractivity contribution in [3.8, 4) is 5.69 Å². The van der Waals surface area contributed by atoms with E-state index in [1.165, 1.54) is 33.8 Å². The van der Waals surface area contributed by atoms with Gasteiger partial charge >= 0.3 is 0 Å². The number of nitro benzene ring substituents is 1. The Morgan fingerprint density at radius 3 is 2.60 bits per heavy atom. The first-order valence-electron chi connectivity index (χ1n) is 9.60. The number of allylic oxidation sites excluding steroid dienone is 2. The van der Waals surface area contributed by atoms with Crippen LogP contribution in [0, 0.1) is 10.1 Å². The number of hydrogen-bond acceptors (Lipinski definition) is 6. The number of thiophene rings is 1. The number of aromatic nitrogens is 2. The lowest BCUT2D eigenvalue weighted by atomic mass is 9.77. The first-order valence-corrected chi connectivity index (χ1v) is 10.5. The van der Waals surface area contributed by atoms with Crippen LogP contribution in [0.25, 0.3) is 5.69 Å². The molecule has 0 fully saturated rings. The molecular formula is C21H18N4O4S. The Balaban J connectivity index is 1.52. The number of ketones is 1. The van der Waals surface area contributed by atoms with Gasteiger partial charge in [0.25, 0.3) is 11.2 Å². The summed E-state index contributed by atoms with van der Waals surface area (Å²) in [5, 5.41) is 19.3. The van der Waals surface area contributed by atoms with Crippen molar-refractivity contribution in [1.29, 1.82) is 0 Å². The van der Waals surface area contributed by atoms with Crippen LogP contribution in [-0.4, -0.2) is 20.5 Å². The minimum absolute atomic E-state index is 0.0445. The van der Waals surface area contributed by atoms with Gasteiger partial charge < -0.3 is 5.32 Å². The van der Waals surface area contributed by atoms with E-state index in [-0.39, 0.29) is 28.9 Å². The average Bonchev–Trinajstić information content (AvgIpc) is 3.36. The normalized spacial score (nSPS) is 20.5. The number of carbonyl (C=O) groups excluding carboxylic acids is 1. The third-order valence-electron chi connectivity index (χ3n) is 5.84. The van der Waals surface area contributed by atoms with Gasteiger partial charge in [-0.25, -0.2) is 4.68 Å². The van der Waals surface area contributed by atoms with Crippen molar-refractivity contribution < 1.29 is 9.72 Å². The summed E-state index contributed by atoms with van der Waals surface area (Å²) >= 11 is 1.65. The van der Waals surface area contributed by atoms with E-state index in [1.807, 2.05) is 18.4 Å². The van der Waals surface area contributed by atoms with Crippen molar-refractivity contribution >= 4 is 28.6 Å². The molecule has 0 saturated heterocycles. The molecule has 1 aliphatic carbocycles. The third-order valence-corrected chi connectivity index (χ3v) is 6.88.